The van der Waals surface area contributed by atoms with Crippen LogP contribution in [-0.2, 0) is 4.74 Å². The molecular weight excluding hydrogens is 220 g/mol. The highest BCUT2D eigenvalue weighted by molar-refractivity contribution is 5.90. The number of aryl methyl sites for hydroxylation is 1. The summed E-state index contributed by atoms with van der Waals surface area (Å²) in [6, 6.07) is 0. The molecule has 86 valence electrons. The standard InChI is InChI=1S/C11H10N4O2/c1-7-8(11(16)17-2)5-14-10(15-7)9-6-12-3-4-13-9/h3-6H,1-2H3. The van der Waals surface area contributed by atoms with Crippen molar-refractivity contribution in [2.45, 2.75) is 6.92 Å². The minimum Gasteiger partial charge on any atom is -0.465 e. The van der Waals surface area contributed by atoms with Gasteiger partial charge in [-0.3, -0.25) is 4.98 Å². The topological polar surface area (TPSA) is 77.9 Å². The first-order chi connectivity index (χ1) is 8.22. The summed E-state index contributed by atoms with van der Waals surface area (Å²) in [6.45, 7) is 1.72. The molecule has 6 heteroatoms. The van der Waals surface area contributed by atoms with Gasteiger partial charge in [0.15, 0.2) is 5.82 Å². The Balaban J connectivity index is 2.41. The third-order valence-electron chi connectivity index (χ3n) is 2.18. The Hall–Kier alpha value is -2.37. The summed E-state index contributed by atoms with van der Waals surface area (Å²) >= 11 is 0. The van der Waals surface area contributed by atoms with Crippen molar-refractivity contribution in [3.63, 3.8) is 0 Å². The summed E-state index contributed by atoms with van der Waals surface area (Å²) in [7, 11) is 1.32. The quantitative estimate of drug-likeness (QED) is 0.717. The Morgan fingerprint density at radius 3 is 2.65 bits per heavy atom. The molecule has 6 nitrogen and oxygen atoms in total. The van der Waals surface area contributed by atoms with Crippen LogP contribution in [-0.4, -0.2) is 33.0 Å². The number of carbonyl (C=O) groups is 1. The molecule has 0 atom stereocenters. The summed E-state index contributed by atoms with van der Waals surface area (Å²) < 4.78 is 4.62. The lowest BCUT2D eigenvalue weighted by atomic mass is 10.2. The molecular formula is C11H10N4O2. The van der Waals surface area contributed by atoms with Crippen LogP contribution < -0.4 is 0 Å². The number of hydrogen-bond acceptors (Lipinski definition) is 6. The number of carbonyl (C=O) groups excluding carboxylic acids is 1. The fraction of sp³-hybridized carbons (Fsp3) is 0.182. The maximum absolute atomic E-state index is 11.4. The minimum atomic E-state index is -0.451. The van der Waals surface area contributed by atoms with E-state index in [1.165, 1.54) is 13.3 Å². The molecule has 0 aliphatic heterocycles. The molecule has 0 N–H and O–H groups in total. The fourth-order valence-corrected chi connectivity index (χ4v) is 1.32. The molecule has 0 saturated heterocycles. The van der Waals surface area contributed by atoms with Crippen molar-refractivity contribution in [3.05, 3.63) is 36.0 Å². The molecule has 0 aliphatic carbocycles. The molecule has 2 heterocycles. The Morgan fingerprint density at radius 1 is 1.24 bits per heavy atom. The zero-order valence-electron chi connectivity index (χ0n) is 9.41. The van der Waals surface area contributed by atoms with Crippen LogP contribution in [0.4, 0.5) is 0 Å². The second kappa shape index (κ2) is 4.65. The third kappa shape index (κ3) is 2.25. The molecule has 0 fully saturated rings. The van der Waals surface area contributed by atoms with Gasteiger partial charge in [0.05, 0.1) is 24.6 Å². The molecule has 0 spiro atoms. The number of aromatic nitrogens is 4. The van der Waals surface area contributed by atoms with Gasteiger partial charge in [-0.1, -0.05) is 0 Å². The molecule has 2 aromatic heterocycles. The van der Waals surface area contributed by atoms with Gasteiger partial charge in [-0.05, 0) is 6.92 Å². The maximum Gasteiger partial charge on any atom is 0.341 e. The SMILES string of the molecule is COC(=O)c1cnc(-c2cnccn2)nc1C. The molecule has 0 amide bonds. The van der Waals surface area contributed by atoms with E-state index in [2.05, 4.69) is 24.7 Å². The van der Waals surface area contributed by atoms with Crippen LogP contribution in [0.2, 0.25) is 0 Å². The second-order valence-corrected chi connectivity index (χ2v) is 3.27. The smallest absolute Gasteiger partial charge is 0.341 e. The Labute approximate surface area is 97.7 Å². The summed E-state index contributed by atoms with van der Waals surface area (Å²) in [5, 5.41) is 0. The van der Waals surface area contributed by atoms with E-state index in [1.54, 1.807) is 25.5 Å². The van der Waals surface area contributed by atoms with Crippen LogP contribution in [0.1, 0.15) is 16.1 Å². The van der Waals surface area contributed by atoms with E-state index >= 15 is 0 Å². The predicted molar refractivity (Wildman–Crippen MR) is 59.1 cm³/mol. The number of ether oxygens (including phenoxy) is 1. The number of methoxy groups -OCH3 is 1. The highest BCUT2D eigenvalue weighted by Gasteiger charge is 2.12. The minimum absolute atomic E-state index is 0.347. The van der Waals surface area contributed by atoms with Gasteiger partial charge in [0.1, 0.15) is 5.69 Å². The summed E-state index contributed by atoms with van der Waals surface area (Å²) in [5.41, 5.74) is 1.46. The number of hydrogen-bond donors (Lipinski definition) is 0. The molecule has 2 rings (SSSR count). The highest BCUT2D eigenvalue weighted by Crippen LogP contribution is 2.12. The normalized spacial score (nSPS) is 10.0. The average molecular weight is 230 g/mol. The maximum atomic E-state index is 11.4. The summed E-state index contributed by atoms with van der Waals surface area (Å²) in [5.74, 6) is -0.0172. The zero-order valence-corrected chi connectivity index (χ0v) is 9.41. The molecule has 0 bridgehead atoms. The van der Waals surface area contributed by atoms with E-state index in [0.717, 1.165) is 0 Å². The van der Waals surface area contributed by atoms with E-state index in [1.807, 2.05) is 0 Å². The summed E-state index contributed by atoms with van der Waals surface area (Å²) in [4.78, 5) is 27.6. The van der Waals surface area contributed by atoms with Crippen molar-refractivity contribution in [1.82, 2.24) is 19.9 Å². The van der Waals surface area contributed by atoms with Crippen molar-refractivity contribution >= 4 is 5.97 Å². The van der Waals surface area contributed by atoms with Crippen LogP contribution >= 0.6 is 0 Å². The first-order valence-corrected chi connectivity index (χ1v) is 4.90. The van der Waals surface area contributed by atoms with E-state index in [9.17, 15) is 4.79 Å². The van der Waals surface area contributed by atoms with E-state index in [-0.39, 0.29) is 0 Å². The Bertz CT molecular complexity index is 542. The lowest BCUT2D eigenvalue weighted by molar-refractivity contribution is 0.0599. The van der Waals surface area contributed by atoms with Crippen molar-refractivity contribution < 1.29 is 9.53 Å². The number of esters is 1. The van der Waals surface area contributed by atoms with Gasteiger partial charge in [0.25, 0.3) is 0 Å². The molecule has 2 aromatic rings. The lowest BCUT2D eigenvalue weighted by Crippen LogP contribution is -2.07. The molecule has 0 unspecified atom stereocenters. The first-order valence-electron chi connectivity index (χ1n) is 4.90. The molecule has 0 radical (unpaired) electrons. The highest BCUT2D eigenvalue weighted by atomic mass is 16.5. The van der Waals surface area contributed by atoms with Gasteiger partial charge < -0.3 is 4.74 Å². The van der Waals surface area contributed by atoms with Crippen LogP contribution in [0.5, 0.6) is 0 Å². The van der Waals surface area contributed by atoms with Gasteiger partial charge in [-0.15, -0.1) is 0 Å². The van der Waals surface area contributed by atoms with Crippen molar-refractivity contribution in [2.75, 3.05) is 7.11 Å². The second-order valence-electron chi connectivity index (χ2n) is 3.27. The van der Waals surface area contributed by atoms with Gasteiger partial charge in [-0.25, -0.2) is 19.7 Å². The number of rotatable bonds is 2. The molecule has 0 aliphatic rings. The van der Waals surface area contributed by atoms with Crippen LogP contribution in [0, 0.1) is 6.92 Å². The Kier molecular flexibility index (Phi) is 3.04. The van der Waals surface area contributed by atoms with E-state index < -0.39 is 5.97 Å². The Morgan fingerprint density at radius 2 is 2.06 bits per heavy atom. The predicted octanol–water partition coefficient (Wildman–Crippen LogP) is 1.03. The van der Waals surface area contributed by atoms with E-state index in [0.29, 0.717) is 22.8 Å². The fourth-order valence-electron chi connectivity index (χ4n) is 1.32. The number of nitrogens with zero attached hydrogens (tertiary/aromatic N) is 4. The third-order valence-corrected chi connectivity index (χ3v) is 2.18. The van der Waals surface area contributed by atoms with Crippen molar-refractivity contribution in [3.8, 4) is 11.5 Å². The lowest BCUT2D eigenvalue weighted by Gasteiger charge is -2.04. The average Bonchev–Trinajstić information content (AvgIpc) is 2.39. The van der Waals surface area contributed by atoms with Crippen molar-refractivity contribution in [1.29, 1.82) is 0 Å². The molecule has 0 saturated carbocycles. The summed E-state index contributed by atoms with van der Waals surface area (Å²) in [6.07, 6.45) is 6.12. The van der Waals surface area contributed by atoms with Crippen LogP contribution in [0.15, 0.2) is 24.8 Å². The van der Waals surface area contributed by atoms with Crippen molar-refractivity contribution in [2.24, 2.45) is 0 Å². The van der Waals surface area contributed by atoms with Crippen LogP contribution in [0.3, 0.4) is 0 Å². The van der Waals surface area contributed by atoms with E-state index in [4.69, 9.17) is 0 Å². The van der Waals surface area contributed by atoms with Crippen LogP contribution in [0.25, 0.3) is 11.5 Å². The monoisotopic (exact) mass is 230 g/mol. The van der Waals surface area contributed by atoms with Gasteiger partial charge in [0, 0.05) is 18.6 Å². The largest absolute Gasteiger partial charge is 0.465 e. The first kappa shape index (κ1) is 11.1. The van der Waals surface area contributed by atoms with Gasteiger partial charge in [-0.2, -0.15) is 0 Å². The zero-order chi connectivity index (χ0) is 12.3. The molecule has 17 heavy (non-hydrogen) atoms. The van der Waals surface area contributed by atoms with Gasteiger partial charge in [0.2, 0.25) is 0 Å². The van der Waals surface area contributed by atoms with Gasteiger partial charge >= 0.3 is 5.97 Å². The molecule has 0 aromatic carbocycles.